The second kappa shape index (κ2) is 21.3. The monoisotopic (exact) mass is 857 g/mol. The number of benzene rings is 3. The molecule has 2 unspecified atom stereocenters. The molecule has 16 heteroatoms. The number of phenolic OH excluding ortho intramolecular Hbond substituents is 1. The summed E-state index contributed by atoms with van der Waals surface area (Å²) in [5.41, 5.74) is 10.5. The van der Waals surface area contributed by atoms with Crippen LogP contribution in [0, 0.1) is 0 Å². The minimum Gasteiger partial charge on any atom is -0.506 e. The van der Waals surface area contributed by atoms with Gasteiger partial charge in [0, 0.05) is 48.2 Å². The first-order valence-corrected chi connectivity index (χ1v) is 20.4. The van der Waals surface area contributed by atoms with Crippen LogP contribution in [0.1, 0.15) is 49.5 Å². The van der Waals surface area contributed by atoms with Gasteiger partial charge in [-0.15, -0.1) is 0 Å². The van der Waals surface area contributed by atoms with E-state index in [2.05, 4.69) is 4.98 Å². The molecule has 4 N–H and O–H groups in total. The number of ether oxygens (including phenoxy) is 6. The van der Waals surface area contributed by atoms with Crippen LogP contribution in [0.15, 0.2) is 91.4 Å². The highest BCUT2D eigenvalue weighted by atomic mass is 35.5. The lowest BCUT2D eigenvalue weighted by Gasteiger charge is -2.30. The number of carbonyl (C=O) groups is 2. The number of aliphatic hydroxyl groups is 1. The van der Waals surface area contributed by atoms with Gasteiger partial charge in [-0.25, -0.2) is 4.68 Å². The lowest BCUT2D eigenvalue weighted by molar-refractivity contribution is -0.155. The Kier molecular flexibility index (Phi) is 15.7. The Labute approximate surface area is 359 Å². The normalized spacial score (nSPS) is 13.5. The number of phenols is 1. The molecule has 1 aliphatic heterocycles. The summed E-state index contributed by atoms with van der Waals surface area (Å²) in [7, 11) is 0. The minimum absolute atomic E-state index is 0.00285. The molecule has 3 heterocycles. The highest BCUT2D eigenvalue weighted by Crippen LogP contribution is 2.36. The fraction of sp³-hybridized carbons (Fsp3) is 0.378. The number of aromatic hydroxyl groups is 1. The highest BCUT2D eigenvalue weighted by Gasteiger charge is 2.36. The molecule has 0 saturated heterocycles. The average molecular weight is 858 g/mol. The Bertz CT molecular complexity index is 2210. The molecule has 5 aromatic rings. The van der Waals surface area contributed by atoms with Crippen LogP contribution in [0.25, 0.3) is 28.1 Å². The Hall–Kier alpha value is -5.55. The number of rotatable bonds is 22. The molecule has 2 aromatic heterocycles. The molecule has 0 fully saturated rings. The molecule has 1 aliphatic rings. The van der Waals surface area contributed by atoms with E-state index in [1.807, 2.05) is 48.7 Å². The van der Waals surface area contributed by atoms with Crippen molar-refractivity contribution in [1.82, 2.24) is 19.7 Å². The summed E-state index contributed by atoms with van der Waals surface area (Å²) in [4.78, 5) is 31.0. The van der Waals surface area contributed by atoms with Gasteiger partial charge in [-0.2, -0.15) is 5.10 Å². The summed E-state index contributed by atoms with van der Waals surface area (Å²) in [6.45, 7) is 8.58. The van der Waals surface area contributed by atoms with Gasteiger partial charge in [-0.1, -0.05) is 17.7 Å². The Morgan fingerprint density at radius 1 is 0.820 bits per heavy atom. The summed E-state index contributed by atoms with van der Waals surface area (Å²) in [5, 5.41) is 25.6. The molecule has 0 radical (unpaired) electrons. The van der Waals surface area contributed by atoms with Crippen LogP contribution in [0.5, 0.6) is 17.2 Å². The van der Waals surface area contributed by atoms with Crippen LogP contribution in [-0.4, -0.2) is 112 Å². The molecule has 0 bridgehead atoms. The molecule has 1 amide bonds. The second-order valence-corrected chi connectivity index (χ2v) is 15.6. The number of fused-ring (bicyclic) bond motifs is 1. The van der Waals surface area contributed by atoms with E-state index in [0.29, 0.717) is 69.9 Å². The van der Waals surface area contributed by atoms with Gasteiger partial charge in [-0.05, 0) is 105 Å². The number of carbonyl (C=O) groups excluding carboxylic acids is 2. The van der Waals surface area contributed by atoms with Crippen molar-refractivity contribution >= 4 is 23.5 Å². The summed E-state index contributed by atoms with van der Waals surface area (Å²) in [6.07, 6.45) is 4.21. The molecule has 324 valence electrons. The number of nitrogens with zero attached hydrogens (tertiary/aromatic N) is 4. The van der Waals surface area contributed by atoms with Crippen LogP contribution < -0.4 is 15.2 Å². The van der Waals surface area contributed by atoms with Crippen LogP contribution in [-0.2, 0) is 30.3 Å². The van der Waals surface area contributed by atoms with Gasteiger partial charge in [0.1, 0.15) is 48.0 Å². The van der Waals surface area contributed by atoms with Crippen molar-refractivity contribution in [3.63, 3.8) is 0 Å². The van der Waals surface area contributed by atoms with Crippen LogP contribution >= 0.6 is 11.6 Å². The van der Waals surface area contributed by atoms with Crippen molar-refractivity contribution in [2.24, 2.45) is 5.73 Å². The third-order valence-electron chi connectivity index (χ3n) is 9.53. The zero-order valence-corrected chi connectivity index (χ0v) is 35.3. The smallest absolute Gasteiger partial charge is 0.306 e. The Morgan fingerprint density at radius 3 is 2.07 bits per heavy atom. The van der Waals surface area contributed by atoms with E-state index in [-0.39, 0.29) is 36.1 Å². The van der Waals surface area contributed by atoms with Gasteiger partial charge in [-0.3, -0.25) is 14.6 Å². The molecular weight excluding hydrogens is 806 g/mol. The number of hydrogen-bond acceptors (Lipinski definition) is 13. The molecule has 0 saturated carbocycles. The lowest BCUT2D eigenvalue weighted by Crippen LogP contribution is -2.48. The van der Waals surface area contributed by atoms with Gasteiger partial charge < -0.3 is 49.3 Å². The standard InChI is InChI=1S/C45H52ClN5O10/c1-45(2,3)61-41(53)13-12-39(43(47)54)50-28-32-26-35(9-10-36(32)44(50)55)60-25-23-58-21-19-56-18-20-57-22-24-59-34-7-5-33(6-8-34)51-29-37(31-4-11-38(46)40(52)27-31)42(49-51)30-14-16-48-17-15-30/h4-11,14-17,26-27,29,39,43,52,54H,12-13,18-25,28,47H2,1-3H3. The van der Waals surface area contributed by atoms with Crippen molar-refractivity contribution in [1.29, 1.82) is 0 Å². The molecular formula is C45H52ClN5O10. The molecule has 15 nitrogen and oxygen atoms in total. The maximum Gasteiger partial charge on any atom is 0.306 e. The average Bonchev–Trinajstić information content (AvgIpc) is 3.82. The predicted molar refractivity (Wildman–Crippen MR) is 228 cm³/mol. The third kappa shape index (κ3) is 12.7. The first kappa shape index (κ1) is 45.0. The van der Waals surface area contributed by atoms with Crippen molar-refractivity contribution in [2.75, 3.05) is 52.9 Å². The van der Waals surface area contributed by atoms with Crippen molar-refractivity contribution in [3.8, 4) is 45.3 Å². The van der Waals surface area contributed by atoms with E-state index < -0.39 is 23.8 Å². The molecule has 6 rings (SSSR count). The fourth-order valence-electron chi connectivity index (χ4n) is 6.64. The largest absolute Gasteiger partial charge is 0.506 e. The van der Waals surface area contributed by atoms with E-state index >= 15 is 0 Å². The maximum atomic E-state index is 13.1. The number of amides is 1. The predicted octanol–water partition coefficient (Wildman–Crippen LogP) is 6.19. The quantitative estimate of drug-likeness (QED) is 0.0406. The van der Waals surface area contributed by atoms with Gasteiger partial charge in [0.25, 0.3) is 5.91 Å². The minimum atomic E-state index is -1.32. The van der Waals surface area contributed by atoms with Crippen LogP contribution in [0.2, 0.25) is 5.02 Å². The number of pyridine rings is 1. The molecule has 0 aliphatic carbocycles. The van der Waals surface area contributed by atoms with Crippen molar-refractivity contribution < 1.29 is 48.2 Å². The number of hydrogen-bond donors (Lipinski definition) is 3. The van der Waals surface area contributed by atoms with Gasteiger partial charge in [0.05, 0.1) is 56.4 Å². The van der Waals surface area contributed by atoms with Crippen molar-refractivity contribution in [2.45, 2.75) is 58.0 Å². The molecule has 0 spiro atoms. The maximum absolute atomic E-state index is 13.1. The molecule has 3 aromatic carbocycles. The molecule has 61 heavy (non-hydrogen) atoms. The molecule has 2 atom stereocenters. The van der Waals surface area contributed by atoms with E-state index in [1.165, 1.54) is 4.90 Å². The number of halogens is 1. The highest BCUT2D eigenvalue weighted by molar-refractivity contribution is 6.32. The Balaban J connectivity index is 0.832. The SMILES string of the molecule is CC(C)(C)OC(=O)CCC(C(N)O)N1Cc2cc(OCCOCCOCCOCCOc3ccc(-n4cc(-c5ccc(Cl)c(O)c5)c(-c5ccncc5)n4)cc3)ccc2C1=O. The number of aromatic nitrogens is 3. The lowest BCUT2D eigenvalue weighted by atomic mass is 10.0. The van der Waals surface area contributed by atoms with Crippen LogP contribution in [0.4, 0.5) is 0 Å². The van der Waals surface area contributed by atoms with Crippen LogP contribution in [0.3, 0.4) is 0 Å². The first-order valence-electron chi connectivity index (χ1n) is 20.0. The number of esters is 1. The fourth-order valence-corrected chi connectivity index (χ4v) is 6.76. The van der Waals surface area contributed by atoms with E-state index in [0.717, 1.165) is 33.6 Å². The zero-order chi connectivity index (χ0) is 43.4. The van der Waals surface area contributed by atoms with Gasteiger partial charge >= 0.3 is 5.97 Å². The van der Waals surface area contributed by atoms with E-state index in [4.69, 9.17) is 50.9 Å². The number of nitrogens with two attached hydrogens (primary N) is 1. The topological polar surface area (TPSA) is 190 Å². The van der Waals surface area contributed by atoms with Gasteiger partial charge in [0.2, 0.25) is 0 Å². The summed E-state index contributed by atoms with van der Waals surface area (Å²) in [6, 6.07) is 20.9. The van der Waals surface area contributed by atoms with E-state index in [1.54, 1.807) is 68.2 Å². The summed E-state index contributed by atoms with van der Waals surface area (Å²) < 4.78 is 35.7. The van der Waals surface area contributed by atoms with Gasteiger partial charge in [0.15, 0.2) is 0 Å². The summed E-state index contributed by atoms with van der Waals surface area (Å²) >= 11 is 6.06. The van der Waals surface area contributed by atoms with Crippen molar-refractivity contribution in [3.05, 3.63) is 108 Å². The second-order valence-electron chi connectivity index (χ2n) is 15.2. The third-order valence-corrected chi connectivity index (χ3v) is 9.85. The summed E-state index contributed by atoms with van der Waals surface area (Å²) in [5.74, 6) is 0.596. The Morgan fingerprint density at radius 2 is 1.44 bits per heavy atom. The number of aliphatic hydroxyl groups excluding tert-OH is 1. The first-order chi connectivity index (χ1) is 29.4. The zero-order valence-electron chi connectivity index (χ0n) is 34.5. The van der Waals surface area contributed by atoms with E-state index in [9.17, 15) is 19.8 Å².